The average Bonchev–Trinajstić information content (AvgIpc) is 2.14. The van der Waals surface area contributed by atoms with Gasteiger partial charge in [-0.25, -0.2) is 4.57 Å². The Hall–Kier alpha value is 0.135. The van der Waals surface area contributed by atoms with Crippen molar-refractivity contribution in [3.8, 4) is 0 Å². The van der Waals surface area contributed by atoms with Crippen molar-refractivity contribution in [1.82, 2.24) is 0 Å². The summed E-state index contributed by atoms with van der Waals surface area (Å²) in [6.07, 6.45) is 0.754. The number of phosphoric ester groups is 1. The molecule has 4 unspecified atom stereocenters. The minimum absolute atomic E-state index is 0.0674. The SMILES string of the molecule is [B]C(CC(C)(O)CC)OP(=O)(O)OC(C)CC. The molecule has 0 rings (SSSR count). The molecule has 0 spiro atoms. The fraction of sp³-hybridized carbons (Fsp3) is 1.00. The summed E-state index contributed by atoms with van der Waals surface area (Å²) < 4.78 is 21.1. The molecule has 0 bridgehead atoms. The van der Waals surface area contributed by atoms with Gasteiger partial charge in [-0.2, -0.15) is 0 Å². The van der Waals surface area contributed by atoms with E-state index in [0.29, 0.717) is 12.8 Å². The topological polar surface area (TPSA) is 76.0 Å². The molecule has 0 heterocycles. The van der Waals surface area contributed by atoms with E-state index in [0.717, 1.165) is 0 Å². The third kappa shape index (κ3) is 7.95. The van der Waals surface area contributed by atoms with E-state index in [2.05, 4.69) is 0 Å². The maximum absolute atomic E-state index is 11.5. The fourth-order valence-electron chi connectivity index (χ4n) is 1.11. The number of hydrogen-bond donors (Lipinski definition) is 2. The van der Waals surface area contributed by atoms with Crippen molar-refractivity contribution in [2.45, 2.75) is 64.7 Å². The molecule has 4 atom stereocenters. The van der Waals surface area contributed by atoms with Crippen LogP contribution in [0.2, 0.25) is 0 Å². The molecule has 5 nitrogen and oxygen atoms in total. The largest absolute Gasteiger partial charge is 0.471 e. The van der Waals surface area contributed by atoms with E-state index >= 15 is 0 Å². The van der Waals surface area contributed by atoms with E-state index in [4.69, 9.17) is 16.9 Å². The van der Waals surface area contributed by atoms with Crippen molar-refractivity contribution >= 4 is 15.7 Å². The molecule has 7 heteroatoms. The van der Waals surface area contributed by atoms with Crippen LogP contribution in [-0.2, 0) is 13.6 Å². The van der Waals surface area contributed by atoms with Crippen LogP contribution in [0.4, 0.5) is 0 Å². The van der Waals surface area contributed by atoms with E-state index in [1.807, 2.05) is 6.92 Å². The second kappa shape index (κ2) is 6.91. The van der Waals surface area contributed by atoms with Gasteiger partial charge in [-0.1, -0.05) is 13.8 Å². The summed E-state index contributed by atoms with van der Waals surface area (Å²) in [5.74, 6) is 0. The predicted molar refractivity (Wildman–Crippen MR) is 66.8 cm³/mol. The number of rotatable bonds is 8. The Morgan fingerprint density at radius 3 is 2.35 bits per heavy atom. The van der Waals surface area contributed by atoms with Crippen molar-refractivity contribution in [2.24, 2.45) is 0 Å². The van der Waals surface area contributed by atoms with Crippen molar-refractivity contribution < 1.29 is 23.6 Å². The Labute approximate surface area is 105 Å². The zero-order valence-electron chi connectivity index (χ0n) is 10.9. The van der Waals surface area contributed by atoms with Crippen LogP contribution in [0.1, 0.15) is 47.0 Å². The van der Waals surface area contributed by atoms with Crippen LogP contribution < -0.4 is 0 Å². The van der Waals surface area contributed by atoms with Gasteiger partial charge in [-0.3, -0.25) is 9.05 Å². The van der Waals surface area contributed by atoms with Gasteiger partial charge in [-0.15, -0.1) is 0 Å². The van der Waals surface area contributed by atoms with Crippen LogP contribution in [0.3, 0.4) is 0 Å². The molecule has 0 aliphatic carbocycles. The Bertz CT molecular complexity index is 271. The highest BCUT2D eigenvalue weighted by Gasteiger charge is 2.29. The molecule has 100 valence electrons. The molecule has 0 saturated carbocycles. The standard InChI is InChI=1S/C10H22BO5P/c1-5-8(3)15-17(13,14)16-9(11)7-10(4,12)6-2/h8-9,12H,5-7H2,1-4H3,(H,13,14). The minimum Gasteiger partial charge on any atom is -0.390 e. The summed E-state index contributed by atoms with van der Waals surface area (Å²) in [5, 5.41) is 9.75. The summed E-state index contributed by atoms with van der Waals surface area (Å²) in [4.78, 5) is 9.41. The number of hydrogen-bond acceptors (Lipinski definition) is 4. The highest BCUT2D eigenvalue weighted by molar-refractivity contribution is 7.47. The van der Waals surface area contributed by atoms with Crippen LogP contribution >= 0.6 is 7.82 Å². The quantitative estimate of drug-likeness (QED) is 0.517. The van der Waals surface area contributed by atoms with Gasteiger partial charge in [0, 0.05) is 6.00 Å². The van der Waals surface area contributed by atoms with Gasteiger partial charge in [0.2, 0.25) is 0 Å². The molecule has 0 aliphatic rings. The molecular formula is C10H22BO5P. The van der Waals surface area contributed by atoms with Gasteiger partial charge in [0.1, 0.15) is 7.85 Å². The second-order valence-corrected chi connectivity index (χ2v) is 5.85. The monoisotopic (exact) mass is 264 g/mol. The predicted octanol–water partition coefficient (Wildman–Crippen LogP) is 1.96. The first-order chi connectivity index (χ1) is 7.62. The maximum atomic E-state index is 11.5. The average molecular weight is 264 g/mol. The van der Waals surface area contributed by atoms with Gasteiger partial charge in [-0.05, 0) is 33.1 Å². The fourth-order valence-corrected chi connectivity index (χ4v) is 2.18. The van der Waals surface area contributed by atoms with Crippen LogP contribution in [0, 0.1) is 0 Å². The molecular weight excluding hydrogens is 242 g/mol. The first-order valence-corrected chi connectivity index (χ1v) is 7.29. The third-order valence-electron chi connectivity index (χ3n) is 2.56. The number of aliphatic hydroxyl groups is 1. The van der Waals surface area contributed by atoms with Crippen LogP contribution in [0.25, 0.3) is 0 Å². The van der Waals surface area contributed by atoms with E-state index in [-0.39, 0.29) is 12.5 Å². The van der Waals surface area contributed by atoms with Crippen molar-refractivity contribution in [1.29, 1.82) is 0 Å². The van der Waals surface area contributed by atoms with E-state index in [1.54, 1.807) is 20.8 Å². The van der Waals surface area contributed by atoms with Gasteiger partial charge in [0.05, 0.1) is 11.7 Å². The van der Waals surface area contributed by atoms with E-state index in [1.165, 1.54) is 0 Å². The van der Waals surface area contributed by atoms with Crippen molar-refractivity contribution in [3.05, 3.63) is 0 Å². The maximum Gasteiger partial charge on any atom is 0.471 e. The summed E-state index contributed by atoms with van der Waals surface area (Å²) in [6.45, 7) is 6.88. The molecule has 0 saturated heterocycles. The summed E-state index contributed by atoms with van der Waals surface area (Å²) >= 11 is 0. The van der Waals surface area contributed by atoms with E-state index in [9.17, 15) is 14.6 Å². The molecule has 0 aromatic heterocycles. The molecule has 0 amide bonds. The van der Waals surface area contributed by atoms with Crippen LogP contribution in [0.15, 0.2) is 0 Å². The minimum atomic E-state index is -4.15. The lowest BCUT2D eigenvalue weighted by atomic mass is 9.86. The first kappa shape index (κ1) is 17.1. The summed E-state index contributed by atoms with van der Waals surface area (Å²) in [7, 11) is 1.39. The third-order valence-corrected chi connectivity index (χ3v) is 3.72. The van der Waals surface area contributed by atoms with Crippen LogP contribution in [0.5, 0.6) is 0 Å². The molecule has 0 fully saturated rings. The Morgan fingerprint density at radius 1 is 1.41 bits per heavy atom. The van der Waals surface area contributed by atoms with Crippen LogP contribution in [-0.4, -0.2) is 35.6 Å². The Morgan fingerprint density at radius 2 is 1.94 bits per heavy atom. The lowest BCUT2D eigenvalue weighted by Crippen LogP contribution is -2.30. The molecule has 0 aromatic rings. The van der Waals surface area contributed by atoms with E-state index < -0.39 is 19.4 Å². The summed E-state index contributed by atoms with van der Waals surface area (Å²) in [5.41, 5.74) is -1.02. The molecule has 2 N–H and O–H groups in total. The Kier molecular flexibility index (Phi) is 6.96. The highest BCUT2D eigenvalue weighted by Crippen LogP contribution is 2.46. The zero-order chi connectivity index (χ0) is 13.7. The zero-order valence-corrected chi connectivity index (χ0v) is 11.8. The van der Waals surface area contributed by atoms with Gasteiger partial charge in [0.25, 0.3) is 0 Å². The first-order valence-electron chi connectivity index (χ1n) is 5.79. The summed E-state index contributed by atoms with van der Waals surface area (Å²) in [6, 6.07) is -1.04. The van der Waals surface area contributed by atoms with Gasteiger partial charge in [0.15, 0.2) is 0 Å². The van der Waals surface area contributed by atoms with Gasteiger partial charge >= 0.3 is 7.82 Å². The lowest BCUT2D eigenvalue weighted by Gasteiger charge is -2.27. The molecule has 2 radical (unpaired) electrons. The van der Waals surface area contributed by atoms with Crippen molar-refractivity contribution in [3.63, 3.8) is 0 Å². The van der Waals surface area contributed by atoms with Crippen molar-refractivity contribution in [2.75, 3.05) is 0 Å². The molecule has 0 aromatic carbocycles. The van der Waals surface area contributed by atoms with Gasteiger partial charge < -0.3 is 10.00 Å². The smallest absolute Gasteiger partial charge is 0.390 e. The number of phosphoric acid groups is 1. The molecule has 17 heavy (non-hydrogen) atoms. The highest BCUT2D eigenvalue weighted by atomic mass is 31.2. The normalized spacial score (nSPS) is 22.5. The second-order valence-electron chi connectivity index (χ2n) is 4.49. The molecule has 0 aliphatic heterocycles. The lowest BCUT2D eigenvalue weighted by molar-refractivity contribution is 0.0151. The Balaban J connectivity index is 4.27.